The second-order valence-corrected chi connectivity index (χ2v) is 10.2. The Morgan fingerprint density at radius 3 is 2.30 bits per heavy atom. The summed E-state index contributed by atoms with van der Waals surface area (Å²) in [4.78, 5) is 35.2. The van der Waals surface area contributed by atoms with Crippen molar-refractivity contribution in [2.75, 3.05) is 13.2 Å². The second kappa shape index (κ2) is 10.2. The van der Waals surface area contributed by atoms with Crippen molar-refractivity contribution in [2.45, 2.75) is 44.2 Å². The van der Waals surface area contributed by atoms with Crippen LogP contribution < -0.4 is 5.32 Å². The fourth-order valence-electron chi connectivity index (χ4n) is 5.84. The first kappa shape index (κ1) is 23.5. The summed E-state index contributed by atoms with van der Waals surface area (Å²) in [6.45, 7) is 0.771. The molecule has 0 aromatic heterocycles. The molecule has 2 atom stereocenters. The highest BCUT2D eigenvalue weighted by Crippen LogP contribution is 2.33. The van der Waals surface area contributed by atoms with Crippen molar-refractivity contribution >= 4 is 17.5 Å². The van der Waals surface area contributed by atoms with Gasteiger partial charge in [-0.05, 0) is 35.6 Å². The molecule has 2 aliphatic heterocycles. The molecule has 1 aliphatic carbocycles. The first-order valence-electron chi connectivity index (χ1n) is 13.2. The largest absolute Gasteiger partial charge is 0.395 e. The van der Waals surface area contributed by atoms with E-state index in [4.69, 9.17) is 4.84 Å². The van der Waals surface area contributed by atoms with Gasteiger partial charge in [0.1, 0.15) is 12.6 Å². The molecule has 6 heteroatoms. The molecule has 0 spiro atoms. The van der Waals surface area contributed by atoms with Crippen molar-refractivity contribution in [3.63, 3.8) is 0 Å². The average molecular weight is 494 g/mol. The predicted octanol–water partition coefficient (Wildman–Crippen LogP) is 5.35. The highest BCUT2D eigenvalue weighted by Gasteiger charge is 2.41. The molecule has 1 fully saturated rings. The lowest BCUT2D eigenvalue weighted by atomic mass is 9.94. The van der Waals surface area contributed by atoms with Crippen molar-refractivity contribution in [1.29, 1.82) is 0 Å². The first-order chi connectivity index (χ1) is 18.2. The minimum absolute atomic E-state index is 0.0822. The van der Waals surface area contributed by atoms with Crippen LogP contribution in [0.1, 0.15) is 59.6 Å². The molecule has 0 bridgehead atoms. The average Bonchev–Trinajstić information content (AvgIpc) is 3.38. The Labute approximate surface area is 217 Å². The van der Waals surface area contributed by atoms with E-state index < -0.39 is 6.04 Å². The van der Waals surface area contributed by atoms with Crippen LogP contribution in [0.25, 0.3) is 11.1 Å². The third-order valence-corrected chi connectivity index (χ3v) is 7.78. The molecule has 188 valence electrons. The molecule has 0 radical (unpaired) electrons. The van der Waals surface area contributed by atoms with Crippen molar-refractivity contribution in [1.82, 2.24) is 10.2 Å². The zero-order valence-corrected chi connectivity index (χ0v) is 20.8. The monoisotopic (exact) mass is 493 g/mol. The van der Waals surface area contributed by atoms with Crippen LogP contribution in [0.3, 0.4) is 0 Å². The van der Waals surface area contributed by atoms with Crippen LogP contribution in [0.2, 0.25) is 0 Å². The normalized spacial score (nSPS) is 20.2. The number of rotatable bonds is 5. The van der Waals surface area contributed by atoms with Crippen molar-refractivity contribution in [2.24, 2.45) is 11.1 Å². The number of carbonyl (C=O) groups is 2. The molecule has 2 amide bonds. The third-order valence-electron chi connectivity index (χ3n) is 7.78. The highest BCUT2D eigenvalue weighted by molar-refractivity contribution is 6.13. The summed E-state index contributed by atoms with van der Waals surface area (Å²) in [6, 6.07) is 25.1. The Kier molecular flexibility index (Phi) is 6.47. The van der Waals surface area contributed by atoms with E-state index in [1.807, 2.05) is 66.7 Å². The number of carbonyl (C=O) groups excluding carboxylic acids is 2. The van der Waals surface area contributed by atoms with E-state index in [0.717, 1.165) is 53.6 Å². The number of hydrogen-bond donors (Lipinski definition) is 1. The highest BCUT2D eigenvalue weighted by atomic mass is 16.6. The number of nitrogens with one attached hydrogen (secondary N) is 1. The molecule has 1 saturated carbocycles. The summed E-state index contributed by atoms with van der Waals surface area (Å²) in [7, 11) is 0. The Morgan fingerprint density at radius 1 is 0.865 bits per heavy atom. The van der Waals surface area contributed by atoms with Gasteiger partial charge in [0.05, 0.1) is 11.6 Å². The molecular formula is C31H31N3O3. The van der Waals surface area contributed by atoms with E-state index in [2.05, 4.69) is 22.6 Å². The van der Waals surface area contributed by atoms with Gasteiger partial charge in [0.2, 0.25) is 5.91 Å². The number of fused-ring (bicyclic) bond motifs is 3. The van der Waals surface area contributed by atoms with Crippen molar-refractivity contribution in [3.8, 4) is 11.1 Å². The van der Waals surface area contributed by atoms with Gasteiger partial charge in [0.15, 0.2) is 0 Å². The van der Waals surface area contributed by atoms with Gasteiger partial charge >= 0.3 is 0 Å². The maximum atomic E-state index is 14.0. The maximum Gasteiger partial charge on any atom is 0.255 e. The molecule has 2 heterocycles. The van der Waals surface area contributed by atoms with Gasteiger partial charge in [-0.25, -0.2) is 0 Å². The zero-order valence-electron chi connectivity index (χ0n) is 20.8. The fraction of sp³-hybridized carbons (Fsp3) is 0.323. The van der Waals surface area contributed by atoms with Crippen LogP contribution in [-0.4, -0.2) is 41.6 Å². The molecule has 6 nitrogen and oxygen atoms in total. The Balaban J connectivity index is 1.39. The fourth-order valence-corrected chi connectivity index (χ4v) is 5.84. The van der Waals surface area contributed by atoms with Gasteiger partial charge < -0.3 is 15.1 Å². The predicted molar refractivity (Wildman–Crippen MR) is 143 cm³/mol. The molecule has 6 rings (SSSR count). The van der Waals surface area contributed by atoms with Crippen LogP contribution in [0.15, 0.2) is 84.0 Å². The molecule has 2 unspecified atom stereocenters. The van der Waals surface area contributed by atoms with E-state index in [0.29, 0.717) is 18.7 Å². The van der Waals surface area contributed by atoms with Crippen LogP contribution >= 0.6 is 0 Å². The zero-order chi connectivity index (χ0) is 25.2. The van der Waals surface area contributed by atoms with Crippen LogP contribution in [0.5, 0.6) is 0 Å². The summed E-state index contributed by atoms with van der Waals surface area (Å²) in [5, 5.41) is 7.57. The van der Waals surface area contributed by atoms with Crippen molar-refractivity contribution in [3.05, 3.63) is 95.6 Å². The number of hydrogen-bond acceptors (Lipinski definition) is 4. The lowest BCUT2D eigenvalue weighted by Crippen LogP contribution is -2.48. The van der Waals surface area contributed by atoms with Crippen LogP contribution in [0, 0.1) is 5.92 Å². The molecule has 3 aliphatic rings. The lowest BCUT2D eigenvalue weighted by molar-refractivity contribution is -0.127. The summed E-state index contributed by atoms with van der Waals surface area (Å²) in [5.41, 5.74) is 5.13. The smallest absolute Gasteiger partial charge is 0.255 e. The van der Waals surface area contributed by atoms with Gasteiger partial charge in [-0.2, -0.15) is 0 Å². The van der Waals surface area contributed by atoms with E-state index in [1.54, 1.807) is 4.90 Å². The maximum absolute atomic E-state index is 14.0. The summed E-state index contributed by atoms with van der Waals surface area (Å²) < 4.78 is 0. The summed E-state index contributed by atoms with van der Waals surface area (Å²) in [5.74, 6) is -0.353. The molecule has 3 aromatic rings. The minimum Gasteiger partial charge on any atom is -0.395 e. The standard InChI is InChI=1S/C31H31N3O3/c35-30(32-25-11-5-2-6-12-25)29(23-17-15-22(16-18-23)21-9-3-1-4-10-21)34-19-24-20-37-33-28(24)26-13-7-8-14-27(26)31(34)36/h1,3-4,7-10,13-18,24-25,29H,2,5-6,11-12,19-20H2,(H,32,35). The topological polar surface area (TPSA) is 71.0 Å². The summed E-state index contributed by atoms with van der Waals surface area (Å²) in [6.07, 6.45) is 5.42. The Bertz CT molecular complexity index is 1310. The molecular weight excluding hydrogens is 462 g/mol. The third kappa shape index (κ3) is 4.64. The van der Waals surface area contributed by atoms with Gasteiger partial charge in [-0.3, -0.25) is 9.59 Å². The lowest BCUT2D eigenvalue weighted by Gasteiger charge is -2.33. The van der Waals surface area contributed by atoms with Gasteiger partial charge in [0, 0.05) is 23.7 Å². The molecule has 0 saturated heterocycles. The van der Waals surface area contributed by atoms with Crippen molar-refractivity contribution < 1.29 is 14.4 Å². The van der Waals surface area contributed by atoms with Gasteiger partial charge in [-0.15, -0.1) is 0 Å². The quantitative estimate of drug-likeness (QED) is 0.521. The van der Waals surface area contributed by atoms with Gasteiger partial charge in [0.25, 0.3) is 5.91 Å². The summed E-state index contributed by atoms with van der Waals surface area (Å²) >= 11 is 0. The van der Waals surface area contributed by atoms with E-state index >= 15 is 0 Å². The number of nitrogens with zero attached hydrogens (tertiary/aromatic N) is 2. The van der Waals surface area contributed by atoms with E-state index in [9.17, 15) is 9.59 Å². The van der Waals surface area contributed by atoms with Gasteiger partial charge in [-0.1, -0.05) is 97.2 Å². The van der Waals surface area contributed by atoms with Crippen LogP contribution in [-0.2, 0) is 9.63 Å². The Morgan fingerprint density at radius 2 is 1.54 bits per heavy atom. The first-order valence-corrected chi connectivity index (χ1v) is 13.2. The molecule has 3 aromatic carbocycles. The minimum atomic E-state index is -0.743. The number of benzene rings is 3. The van der Waals surface area contributed by atoms with E-state index in [-0.39, 0.29) is 23.8 Å². The molecule has 1 N–H and O–H groups in total. The van der Waals surface area contributed by atoms with E-state index in [1.165, 1.54) is 6.42 Å². The number of amides is 2. The Hall–Kier alpha value is -3.93. The molecule has 37 heavy (non-hydrogen) atoms. The SMILES string of the molecule is O=C(NC1CCCCC1)C(c1ccc(-c2ccccc2)cc1)N1CC2CON=C2c2ccccc2C1=O. The number of oxime groups is 1. The second-order valence-electron chi connectivity index (χ2n) is 10.2. The van der Waals surface area contributed by atoms with Crippen LogP contribution in [0.4, 0.5) is 0 Å².